The third kappa shape index (κ3) is 5.85. The maximum absolute atomic E-state index is 13.6. The summed E-state index contributed by atoms with van der Waals surface area (Å²) in [4.78, 5) is 35.0. The van der Waals surface area contributed by atoms with Gasteiger partial charge in [0.25, 0.3) is 5.91 Å². The number of benzene rings is 1. The number of amides is 2. The maximum atomic E-state index is 13.6. The van der Waals surface area contributed by atoms with Gasteiger partial charge in [0, 0.05) is 31.4 Å². The molecule has 2 saturated carbocycles. The van der Waals surface area contributed by atoms with E-state index >= 15 is 0 Å². The van der Waals surface area contributed by atoms with Crippen molar-refractivity contribution in [3.8, 4) is 6.07 Å². The molecule has 9 nitrogen and oxygen atoms in total. The summed E-state index contributed by atoms with van der Waals surface area (Å²) in [6.45, 7) is 1.40. The van der Waals surface area contributed by atoms with Gasteiger partial charge < -0.3 is 20.6 Å². The minimum absolute atomic E-state index is 0.0217. The van der Waals surface area contributed by atoms with E-state index in [9.17, 15) is 20.0 Å². The van der Waals surface area contributed by atoms with Gasteiger partial charge in [-0.2, -0.15) is 5.26 Å². The lowest BCUT2D eigenvalue weighted by Crippen LogP contribution is -2.57. The minimum atomic E-state index is -0.943. The van der Waals surface area contributed by atoms with E-state index in [2.05, 4.69) is 20.6 Å². The molecule has 9 heteroatoms. The van der Waals surface area contributed by atoms with Gasteiger partial charge in [-0.25, -0.2) is 14.8 Å². The molecule has 1 aromatic carbocycles. The molecule has 1 aliphatic heterocycles. The van der Waals surface area contributed by atoms with E-state index in [1.807, 2.05) is 36.4 Å². The Labute approximate surface area is 217 Å². The molecule has 194 valence electrons. The highest BCUT2D eigenvalue weighted by Gasteiger charge is 2.44. The van der Waals surface area contributed by atoms with Gasteiger partial charge in [-0.05, 0) is 74.7 Å². The molecule has 2 aliphatic carbocycles. The predicted octanol–water partition coefficient (Wildman–Crippen LogP) is 4.22. The number of hydrogen-bond acceptors (Lipinski definition) is 6. The van der Waals surface area contributed by atoms with Crippen LogP contribution in [0.2, 0.25) is 0 Å². The van der Waals surface area contributed by atoms with E-state index in [4.69, 9.17) is 0 Å². The zero-order chi connectivity index (χ0) is 25.9. The van der Waals surface area contributed by atoms with Crippen LogP contribution in [0.15, 0.2) is 36.5 Å². The van der Waals surface area contributed by atoms with Crippen molar-refractivity contribution in [1.29, 1.82) is 5.26 Å². The molecule has 0 bridgehead atoms. The molecule has 3 aliphatic rings. The van der Waals surface area contributed by atoms with Crippen molar-refractivity contribution in [1.82, 2.24) is 20.2 Å². The lowest BCUT2D eigenvalue weighted by molar-refractivity contribution is 0.0796. The molecule has 5 rings (SSSR count). The van der Waals surface area contributed by atoms with Gasteiger partial charge in [0.05, 0.1) is 0 Å². The fourth-order valence-corrected chi connectivity index (χ4v) is 5.92. The summed E-state index contributed by atoms with van der Waals surface area (Å²) in [6.07, 6.45) is 9.70. The van der Waals surface area contributed by atoms with Crippen molar-refractivity contribution in [3.63, 3.8) is 0 Å². The Kier molecular flexibility index (Phi) is 7.00. The summed E-state index contributed by atoms with van der Waals surface area (Å²) in [5, 5.41) is 25.4. The van der Waals surface area contributed by atoms with E-state index in [0.717, 1.165) is 5.56 Å². The van der Waals surface area contributed by atoms with Gasteiger partial charge in [-0.1, -0.05) is 30.3 Å². The van der Waals surface area contributed by atoms with Crippen molar-refractivity contribution in [2.75, 3.05) is 25.0 Å². The van der Waals surface area contributed by atoms with Crippen molar-refractivity contribution < 1.29 is 14.7 Å². The Bertz CT molecular complexity index is 1170. The highest BCUT2D eigenvalue weighted by Crippen LogP contribution is 2.57. The summed E-state index contributed by atoms with van der Waals surface area (Å²) < 4.78 is 0. The van der Waals surface area contributed by atoms with E-state index in [0.29, 0.717) is 61.6 Å². The highest BCUT2D eigenvalue weighted by atomic mass is 16.4. The number of carbonyl (C=O) groups excluding carboxylic acids is 1. The lowest BCUT2D eigenvalue weighted by atomic mass is 9.80. The third-order valence-electron chi connectivity index (χ3n) is 8.57. The van der Waals surface area contributed by atoms with Gasteiger partial charge in [0.15, 0.2) is 0 Å². The van der Waals surface area contributed by atoms with Crippen LogP contribution in [0.5, 0.6) is 0 Å². The number of hydrogen-bond donors (Lipinski definition) is 3. The van der Waals surface area contributed by atoms with Crippen molar-refractivity contribution >= 4 is 17.8 Å². The lowest BCUT2D eigenvalue weighted by Gasteiger charge is -2.42. The van der Waals surface area contributed by atoms with E-state index in [-0.39, 0.29) is 11.7 Å². The van der Waals surface area contributed by atoms with Gasteiger partial charge in [-0.15, -0.1) is 0 Å². The van der Waals surface area contributed by atoms with E-state index in [1.165, 1.54) is 49.6 Å². The average Bonchev–Trinajstić information content (AvgIpc) is 3.67. The van der Waals surface area contributed by atoms with Crippen LogP contribution in [0, 0.1) is 22.7 Å². The standard InChI is InChI=1S/C28H34N6O3/c29-17-23-30-19-22(24(32-23)31-18-21-6-8-27(9-7-21)10-11-27)25(35)33-28(16-20-4-2-1-3-5-20)12-14-34(15-13-28)26(36)37/h1-5,19,21H,6-16,18H2,(H,33,35)(H,36,37)(H,30,31,32). The normalized spacial score (nSPS) is 20.1. The SMILES string of the molecule is N#Cc1ncc(C(=O)NC2(Cc3ccccc3)CCN(C(=O)O)CC2)c(NCC2CCC3(CC2)CC3)n1. The van der Waals surface area contributed by atoms with Gasteiger partial charge in [0.2, 0.25) is 5.82 Å². The number of piperidine rings is 1. The van der Waals surface area contributed by atoms with Crippen molar-refractivity contribution in [2.45, 2.75) is 63.3 Å². The molecule has 2 heterocycles. The van der Waals surface area contributed by atoms with Crippen LogP contribution in [0.25, 0.3) is 0 Å². The second-order valence-electron chi connectivity index (χ2n) is 11.1. The zero-order valence-electron chi connectivity index (χ0n) is 21.1. The first kappa shape index (κ1) is 25.0. The fraction of sp³-hybridized carbons (Fsp3) is 0.536. The first-order valence-corrected chi connectivity index (χ1v) is 13.2. The van der Waals surface area contributed by atoms with Gasteiger partial charge in [0.1, 0.15) is 17.5 Å². The molecule has 0 atom stereocenters. The predicted molar refractivity (Wildman–Crippen MR) is 138 cm³/mol. The molecule has 1 saturated heterocycles. The first-order chi connectivity index (χ1) is 17.9. The first-order valence-electron chi connectivity index (χ1n) is 13.2. The summed E-state index contributed by atoms with van der Waals surface area (Å²) >= 11 is 0. The van der Waals surface area contributed by atoms with E-state index in [1.54, 1.807) is 0 Å². The summed E-state index contributed by atoms with van der Waals surface area (Å²) in [7, 11) is 0. The molecule has 1 aromatic heterocycles. The number of nitrogens with zero attached hydrogens (tertiary/aromatic N) is 4. The Hall–Kier alpha value is -3.67. The van der Waals surface area contributed by atoms with Crippen LogP contribution in [-0.4, -0.2) is 57.1 Å². The number of nitrogens with one attached hydrogen (secondary N) is 2. The van der Waals surface area contributed by atoms with E-state index < -0.39 is 11.6 Å². The Balaban J connectivity index is 1.32. The fourth-order valence-electron chi connectivity index (χ4n) is 5.92. The second-order valence-corrected chi connectivity index (χ2v) is 11.1. The molecule has 3 N–H and O–H groups in total. The molecule has 0 radical (unpaired) electrons. The number of anilines is 1. The van der Waals surface area contributed by atoms with Crippen LogP contribution in [0.3, 0.4) is 0 Å². The summed E-state index contributed by atoms with van der Waals surface area (Å²) in [5.41, 5.74) is 1.40. The smallest absolute Gasteiger partial charge is 0.407 e. The topological polar surface area (TPSA) is 131 Å². The molecule has 1 spiro atoms. The molecule has 3 fully saturated rings. The van der Waals surface area contributed by atoms with Crippen molar-refractivity contribution in [3.05, 3.63) is 53.5 Å². The van der Waals surface area contributed by atoms with Crippen LogP contribution >= 0.6 is 0 Å². The largest absolute Gasteiger partial charge is 0.465 e. The van der Waals surface area contributed by atoms with Gasteiger partial charge in [-0.3, -0.25) is 4.79 Å². The van der Waals surface area contributed by atoms with Crippen molar-refractivity contribution in [2.24, 2.45) is 11.3 Å². The molecule has 0 unspecified atom stereocenters. The number of carbonyl (C=O) groups is 2. The van der Waals surface area contributed by atoms with Crippen LogP contribution in [0.1, 0.15) is 73.1 Å². The Morgan fingerprint density at radius 3 is 2.41 bits per heavy atom. The number of likely N-dealkylation sites (tertiary alicyclic amines) is 1. The molecule has 2 amide bonds. The number of aromatic nitrogens is 2. The Morgan fingerprint density at radius 2 is 1.78 bits per heavy atom. The summed E-state index contributed by atoms with van der Waals surface area (Å²) in [6, 6.07) is 11.9. The zero-order valence-corrected chi connectivity index (χ0v) is 21.1. The van der Waals surface area contributed by atoms with Crippen LogP contribution < -0.4 is 10.6 Å². The minimum Gasteiger partial charge on any atom is -0.465 e. The monoisotopic (exact) mass is 502 g/mol. The molecular weight excluding hydrogens is 468 g/mol. The van der Waals surface area contributed by atoms with Gasteiger partial charge >= 0.3 is 6.09 Å². The quantitative estimate of drug-likeness (QED) is 0.517. The number of nitriles is 1. The number of carboxylic acid groups (broad SMARTS) is 1. The average molecular weight is 503 g/mol. The Morgan fingerprint density at radius 1 is 1.08 bits per heavy atom. The van der Waals surface area contributed by atoms with Crippen LogP contribution in [-0.2, 0) is 6.42 Å². The maximum Gasteiger partial charge on any atom is 0.407 e. The number of rotatable bonds is 7. The third-order valence-corrected chi connectivity index (χ3v) is 8.57. The molecular formula is C28H34N6O3. The highest BCUT2D eigenvalue weighted by molar-refractivity contribution is 5.99. The second kappa shape index (κ2) is 10.4. The summed E-state index contributed by atoms with van der Waals surface area (Å²) in [5.74, 6) is 0.613. The molecule has 37 heavy (non-hydrogen) atoms. The molecule has 2 aromatic rings. The van der Waals surface area contributed by atoms with Crippen LogP contribution in [0.4, 0.5) is 10.6 Å².